The van der Waals surface area contributed by atoms with E-state index >= 15 is 0 Å². The van der Waals surface area contributed by atoms with Crippen molar-refractivity contribution in [3.8, 4) is 0 Å². The summed E-state index contributed by atoms with van der Waals surface area (Å²) in [6, 6.07) is 0. The average Bonchev–Trinajstić information content (AvgIpc) is 2.19. The van der Waals surface area contributed by atoms with Gasteiger partial charge in [-0.25, -0.2) is 0 Å². The second-order valence-corrected chi connectivity index (χ2v) is 3.95. The van der Waals surface area contributed by atoms with Crippen LogP contribution in [-0.2, 0) is 9.53 Å². The van der Waals surface area contributed by atoms with Gasteiger partial charge in [0, 0.05) is 37.8 Å². The van der Waals surface area contributed by atoms with E-state index in [1.165, 1.54) is 0 Å². The number of carbonyl (C=O) groups excluding carboxylic acids is 1. The van der Waals surface area contributed by atoms with E-state index in [-0.39, 0.29) is 5.97 Å². The molecule has 90 valence electrons. The van der Waals surface area contributed by atoms with Crippen molar-refractivity contribution < 1.29 is 9.53 Å². The Balaban J connectivity index is 3.55. The Morgan fingerprint density at radius 1 is 1.20 bits per heavy atom. The lowest BCUT2D eigenvalue weighted by Gasteiger charge is -2.19. The minimum atomic E-state index is -0.130. The van der Waals surface area contributed by atoms with Crippen molar-refractivity contribution in [1.82, 2.24) is 4.90 Å². The number of carbonyl (C=O) groups is 1. The molecule has 0 radical (unpaired) electrons. The van der Waals surface area contributed by atoms with Crippen molar-refractivity contribution in [2.75, 3.05) is 38.0 Å². The van der Waals surface area contributed by atoms with Crippen LogP contribution in [0.2, 0.25) is 0 Å². The van der Waals surface area contributed by atoms with E-state index in [9.17, 15) is 4.79 Å². The third-order valence-electron chi connectivity index (χ3n) is 1.93. The molecule has 0 aliphatic carbocycles. The summed E-state index contributed by atoms with van der Waals surface area (Å²) in [6.07, 6.45) is 1.32. The molecule has 3 nitrogen and oxygen atoms in total. The monoisotopic (exact) mass is 255 g/mol. The molecular formula is C10H19Cl2NO2. The number of rotatable bonds is 9. The van der Waals surface area contributed by atoms with Gasteiger partial charge in [-0.2, -0.15) is 0 Å². The van der Waals surface area contributed by atoms with Gasteiger partial charge in [0.1, 0.15) is 6.61 Å². The fourth-order valence-electron chi connectivity index (χ4n) is 1.14. The van der Waals surface area contributed by atoms with Crippen LogP contribution in [-0.4, -0.2) is 48.9 Å². The van der Waals surface area contributed by atoms with E-state index in [1.54, 1.807) is 0 Å². The third-order valence-corrected chi connectivity index (χ3v) is 2.26. The lowest BCUT2D eigenvalue weighted by Crippen LogP contribution is -2.31. The molecule has 0 fully saturated rings. The fraction of sp³-hybridized carbons (Fsp3) is 0.900. The maximum atomic E-state index is 11.0. The summed E-state index contributed by atoms with van der Waals surface area (Å²) in [5, 5.41) is 0. The highest BCUT2D eigenvalue weighted by Gasteiger charge is 2.05. The van der Waals surface area contributed by atoms with Gasteiger partial charge < -0.3 is 4.74 Å². The SMILES string of the molecule is CCCC(=O)OCCN(CCCl)CCCl. The maximum absolute atomic E-state index is 11.0. The van der Waals surface area contributed by atoms with Crippen LogP contribution in [0.1, 0.15) is 19.8 Å². The zero-order valence-electron chi connectivity index (χ0n) is 9.18. The molecule has 0 saturated heterocycles. The van der Waals surface area contributed by atoms with Crippen LogP contribution in [0.3, 0.4) is 0 Å². The van der Waals surface area contributed by atoms with Gasteiger partial charge in [-0.3, -0.25) is 9.69 Å². The first kappa shape index (κ1) is 15.0. The van der Waals surface area contributed by atoms with Crippen LogP contribution in [0.25, 0.3) is 0 Å². The highest BCUT2D eigenvalue weighted by atomic mass is 35.5. The Morgan fingerprint density at radius 3 is 2.27 bits per heavy atom. The molecule has 0 atom stereocenters. The molecule has 0 spiro atoms. The van der Waals surface area contributed by atoms with Crippen molar-refractivity contribution in [3.63, 3.8) is 0 Å². The summed E-state index contributed by atoms with van der Waals surface area (Å²) in [6.45, 7) is 4.63. The largest absolute Gasteiger partial charge is 0.464 e. The fourth-order valence-corrected chi connectivity index (χ4v) is 1.62. The molecule has 0 aliphatic heterocycles. The summed E-state index contributed by atoms with van der Waals surface area (Å²) in [5.41, 5.74) is 0. The van der Waals surface area contributed by atoms with E-state index in [2.05, 4.69) is 4.90 Å². The van der Waals surface area contributed by atoms with Crippen LogP contribution < -0.4 is 0 Å². The van der Waals surface area contributed by atoms with Crippen molar-refractivity contribution in [2.45, 2.75) is 19.8 Å². The minimum Gasteiger partial charge on any atom is -0.464 e. The van der Waals surface area contributed by atoms with Crippen LogP contribution in [0.4, 0.5) is 0 Å². The standard InChI is InChI=1S/C10H19Cl2NO2/c1-2-3-10(14)15-9-8-13(6-4-11)7-5-12/h2-9H2,1H3. The summed E-state index contributed by atoms with van der Waals surface area (Å²) in [5.74, 6) is 1.01. The quantitative estimate of drug-likeness (QED) is 0.467. The topological polar surface area (TPSA) is 29.5 Å². The normalized spacial score (nSPS) is 10.7. The molecule has 0 aromatic heterocycles. The second kappa shape index (κ2) is 10.5. The van der Waals surface area contributed by atoms with Gasteiger partial charge in [0.25, 0.3) is 0 Å². The minimum absolute atomic E-state index is 0.130. The van der Waals surface area contributed by atoms with E-state index in [4.69, 9.17) is 27.9 Å². The predicted octanol–water partition coefficient (Wildman–Crippen LogP) is 2.11. The van der Waals surface area contributed by atoms with Gasteiger partial charge in [-0.05, 0) is 6.42 Å². The van der Waals surface area contributed by atoms with Crippen LogP contribution in [0, 0.1) is 0 Å². The Bertz CT molecular complexity index is 162. The van der Waals surface area contributed by atoms with Gasteiger partial charge in [0.2, 0.25) is 0 Å². The molecule has 0 aromatic rings. The molecule has 0 N–H and O–H groups in total. The first-order valence-corrected chi connectivity index (χ1v) is 6.31. The highest BCUT2D eigenvalue weighted by Crippen LogP contribution is 1.95. The molecule has 0 bridgehead atoms. The molecule has 0 aliphatic rings. The van der Waals surface area contributed by atoms with E-state index in [0.29, 0.717) is 31.3 Å². The Kier molecular flexibility index (Phi) is 10.5. The number of hydrogen-bond acceptors (Lipinski definition) is 3. The lowest BCUT2D eigenvalue weighted by atomic mass is 10.3. The lowest BCUT2D eigenvalue weighted by molar-refractivity contribution is -0.144. The first-order chi connectivity index (χ1) is 7.24. The predicted molar refractivity (Wildman–Crippen MR) is 63.7 cm³/mol. The molecular weight excluding hydrogens is 237 g/mol. The van der Waals surface area contributed by atoms with Crippen LogP contribution >= 0.6 is 23.2 Å². The smallest absolute Gasteiger partial charge is 0.305 e. The van der Waals surface area contributed by atoms with Gasteiger partial charge in [0.15, 0.2) is 0 Å². The average molecular weight is 256 g/mol. The van der Waals surface area contributed by atoms with Crippen molar-refractivity contribution in [3.05, 3.63) is 0 Å². The van der Waals surface area contributed by atoms with E-state index in [1.807, 2.05) is 6.92 Å². The van der Waals surface area contributed by atoms with Gasteiger partial charge >= 0.3 is 5.97 Å². The molecule has 0 amide bonds. The summed E-state index contributed by atoms with van der Waals surface area (Å²) in [4.78, 5) is 13.1. The second-order valence-electron chi connectivity index (χ2n) is 3.19. The van der Waals surface area contributed by atoms with E-state index in [0.717, 1.165) is 19.5 Å². The third kappa shape index (κ3) is 8.97. The molecule has 0 aromatic carbocycles. The van der Waals surface area contributed by atoms with Crippen LogP contribution in [0.15, 0.2) is 0 Å². The molecule has 0 heterocycles. The zero-order valence-corrected chi connectivity index (χ0v) is 10.7. The Morgan fingerprint density at radius 2 is 1.80 bits per heavy atom. The van der Waals surface area contributed by atoms with Crippen LogP contribution in [0.5, 0.6) is 0 Å². The van der Waals surface area contributed by atoms with E-state index < -0.39 is 0 Å². The van der Waals surface area contributed by atoms with Crippen molar-refractivity contribution in [1.29, 1.82) is 0 Å². The maximum Gasteiger partial charge on any atom is 0.305 e. The number of halogens is 2. The highest BCUT2D eigenvalue weighted by molar-refractivity contribution is 6.18. The number of hydrogen-bond donors (Lipinski definition) is 0. The molecule has 0 unspecified atom stereocenters. The molecule has 0 saturated carbocycles. The number of alkyl halides is 2. The van der Waals surface area contributed by atoms with Gasteiger partial charge in [-0.1, -0.05) is 6.92 Å². The summed E-state index contributed by atoms with van der Waals surface area (Å²) < 4.78 is 5.04. The number of ether oxygens (including phenoxy) is 1. The van der Waals surface area contributed by atoms with Gasteiger partial charge in [-0.15, -0.1) is 23.2 Å². The number of esters is 1. The zero-order chi connectivity index (χ0) is 11.5. The number of nitrogens with zero attached hydrogens (tertiary/aromatic N) is 1. The first-order valence-electron chi connectivity index (χ1n) is 5.24. The van der Waals surface area contributed by atoms with Crippen molar-refractivity contribution in [2.24, 2.45) is 0 Å². The van der Waals surface area contributed by atoms with Crippen molar-refractivity contribution >= 4 is 29.2 Å². The molecule has 5 heteroatoms. The molecule has 0 rings (SSSR count). The molecule has 15 heavy (non-hydrogen) atoms. The summed E-state index contributed by atoms with van der Waals surface area (Å²) in [7, 11) is 0. The van der Waals surface area contributed by atoms with Gasteiger partial charge in [0.05, 0.1) is 0 Å². The Hall–Kier alpha value is 0.01000. The Labute approximate surface area is 102 Å². The summed E-state index contributed by atoms with van der Waals surface area (Å²) >= 11 is 11.3.